The molecule has 1 N–H and O–H groups in total. The molecule has 2 heterocycles. The van der Waals surface area contributed by atoms with Gasteiger partial charge in [-0.25, -0.2) is 14.1 Å². The number of imide groups is 2. The Balaban J connectivity index is 1.33. The summed E-state index contributed by atoms with van der Waals surface area (Å²) >= 11 is 0. The fraction of sp³-hybridized carbons (Fsp3) is 0.219. The molecule has 0 radical (unpaired) electrons. The summed E-state index contributed by atoms with van der Waals surface area (Å²) < 4.78 is 21.4. The summed E-state index contributed by atoms with van der Waals surface area (Å²) in [7, 11) is 0. The van der Waals surface area contributed by atoms with Crippen LogP contribution in [0.4, 0.5) is 14.9 Å². The fourth-order valence-corrected chi connectivity index (χ4v) is 4.77. The van der Waals surface area contributed by atoms with Crippen LogP contribution in [0.5, 0.6) is 5.75 Å². The standard InChI is InChI=1S/C32H30FN3O4/c1-3-21(2)22-9-15-26(16-10-22)40-18-6-17-35-20-23(27-7-4-5-8-29(27)35)19-28-30(37)34-32(39)36(31(28)38)25-13-11-24(33)12-14-25/h4-5,7-16,19-21H,3,6,17-18H2,1-2H3,(H,34,37,39)/b28-19-. The summed E-state index contributed by atoms with van der Waals surface area (Å²) in [5, 5.41) is 3.07. The Bertz CT molecular complexity index is 1590. The fourth-order valence-electron chi connectivity index (χ4n) is 4.77. The van der Waals surface area contributed by atoms with Crippen LogP contribution >= 0.6 is 0 Å². The predicted octanol–water partition coefficient (Wildman–Crippen LogP) is 6.43. The molecule has 1 atom stereocenters. The monoisotopic (exact) mass is 539 g/mol. The van der Waals surface area contributed by atoms with E-state index < -0.39 is 23.7 Å². The number of carbonyl (C=O) groups excluding carboxylic acids is 3. The smallest absolute Gasteiger partial charge is 0.335 e. The number of rotatable bonds is 9. The van der Waals surface area contributed by atoms with Crippen LogP contribution in [-0.2, 0) is 16.1 Å². The molecular weight excluding hydrogens is 509 g/mol. The lowest BCUT2D eigenvalue weighted by Gasteiger charge is -2.26. The van der Waals surface area contributed by atoms with E-state index >= 15 is 0 Å². The maximum Gasteiger partial charge on any atom is 0.335 e. The molecule has 4 aromatic rings. The number of ether oxygens (including phenoxy) is 1. The largest absolute Gasteiger partial charge is 0.494 e. The Hall–Kier alpha value is -4.72. The summed E-state index contributed by atoms with van der Waals surface area (Å²) in [6.07, 6.45) is 5.22. The molecule has 3 aromatic carbocycles. The van der Waals surface area contributed by atoms with Crippen molar-refractivity contribution in [1.82, 2.24) is 9.88 Å². The zero-order chi connectivity index (χ0) is 28.2. The number of aryl methyl sites for hydroxylation is 1. The van der Waals surface area contributed by atoms with Crippen molar-refractivity contribution in [2.45, 2.75) is 39.2 Å². The highest BCUT2D eigenvalue weighted by Gasteiger charge is 2.37. The SMILES string of the molecule is CCC(C)c1ccc(OCCCn2cc(/C=C3/C(=O)NC(=O)N(c4ccc(F)cc4)C3=O)c3ccccc32)cc1. The Morgan fingerprint density at radius 1 is 0.975 bits per heavy atom. The molecule has 1 aromatic heterocycles. The van der Waals surface area contributed by atoms with E-state index in [-0.39, 0.29) is 11.3 Å². The number of fused-ring (bicyclic) bond motifs is 1. The number of nitrogens with one attached hydrogen (secondary N) is 1. The van der Waals surface area contributed by atoms with Gasteiger partial charge in [-0.05, 0) is 72.9 Å². The molecule has 0 spiro atoms. The van der Waals surface area contributed by atoms with Gasteiger partial charge in [0.2, 0.25) is 0 Å². The summed E-state index contributed by atoms with van der Waals surface area (Å²) in [5.41, 5.74) is 2.90. The van der Waals surface area contributed by atoms with E-state index in [1.807, 2.05) is 42.6 Å². The van der Waals surface area contributed by atoms with Gasteiger partial charge < -0.3 is 9.30 Å². The van der Waals surface area contributed by atoms with Crippen LogP contribution < -0.4 is 15.0 Å². The molecule has 0 aliphatic carbocycles. The van der Waals surface area contributed by atoms with Crippen LogP contribution in [0.25, 0.3) is 17.0 Å². The highest BCUT2D eigenvalue weighted by atomic mass is 19.1. The predicted molar refractivity (Wildman–Crippen MR) is 153 cm³/mol. The number of urea groups is 1. The molecule has 1 aliphatic rings. The van der Waals surface area contributed by atoms with E-state index in [0.717, 1.165) is 46.5 Å². The number of para-hydroxylation sites is 1. The van der Waals surface area contributed by atoms with E-state index in [4.69, 9.17) is 4.74 Å². The lowest BCUT2D eigenvalue weighted by molar-refractivity contribution is -0.122. The topological polar surface area (TPSA) is 80.6 Å². The van der Waals surface area contributed by atoms with Crippen molar-refractivity contribution in [3.63, 3.8) is 0 Å². The summed E-state index contributed by atoms with van der Waals surface area (Å²) in [6, 6.07) is 20.0. The van der Waals surface area contributed by atoms with Gasteiger partial charge in [-0.1, -0.05) is 44.2 Å². The summed E-state index contributed by atoms with van der Waals surface area (Å²) in [5.74, 6) is -0.709. The normalized spacial score (nSPS) is 15.5. The molecule has 1 unspecified atom stereocenters. The maximum atomic E-state index is 13.4. The first kappa shape index (κ1) is 26.9. The van der Waals surface area contributed by atoms with Gasteiger partial charge in [0.25, 0.3) is 11.8 Å². The number of halogens is 1. The second-order valence-corrected chi connectivity index (χ2v) is 9.81. The van der Waals surface area contributed by atoms with Crippen LogP contribution in [0.1, 0.15) is 43.7 Å². The van der Waals surface area contributed by atoms with Crippen LogP contribution in [0.15, 0.2) is 84.6 Å². The minimum atomic E-state index is -0.879. The average Bonchev–Trinajstić information content (AvgIpc) is 3.31. The lowest BCUT2D eigenvalue weighted by Crippen LogP contribution is -2.54. The van der Waals surface area contributed by atoms with Crippen molar-refractivity contribution < 1.29 is 23.5 Å². The molecule has 7 nitrogen and oxygen atoms in total. The first-order chi connectivity index (χ1) is 19.4. The minimum absolute atomic E-state index is 0.166. The Kier molecular flexibility index (Phi) is 7.77. The van der Waals surface area contributed by atoms with Gasteiger partial charge in [0.1, 0.15) is 17.1 Å². The van der Waals surface area contributed by atoms with Gasteiger partial charge in [-0.3, -0.25) is 14.9 Å². The van der Waals surface area contributed by atoms with Crippen LogP contribution in [0, 0.1) is 5.82 Å². The minimum Gasteiger partial charge on any atom is -0.494 e. The molecule has 5 rings (SSSR count). The zero-order valence-corrected chi connectivity index (χ0v) is 22.4. The van der Waals surface area contributed by atoms with Crippen molar-refractivity contribution in [2.75, 3.05) is 11.5 Å². The Labute approximate surface area is 231 Å². The summed E-state index contributed by atoms with van der Waals surface area (Å²) in [6.45, 7) is 5.57. The first-order valence-electron chi connectivity index (χ1n) is 13.3. The molecule has 1 aliphatic heterocycles. The maximum absolute atomic E-state index is 13.4. The third-order valence-electron chi connectivity index (χ3n) is 7.18. The number of nitrogens with zero attached hydrogens (tertiary/aromatic N) is 2. The highest BCUT2D eigenvalue weighted by Crippen LogP contribution is 2.27. The van der Waals surface area contributed by atoms with E-state index in [2.05, 4.69) is 35.9 Å². The van der Waals surface area contributed by atoms with Crippen molar-refractivity contribution in [2.24, 2.45) is 0 Å². The number of amides is 4. The second-order valence-electron chi connectivity index (χ2n) is 9.81. The molecule has 8 heteroatoms. The van der Waals surface area contributed by atoms with Crippen molar-refractivity contribution in [3.8, 4) is 5.75 Å². The van der Waals surface area contributed by atoms with Gasteiger partial charge in [0.05, 0.1) is 12.3 Å². The molecule has 4 amide bonds. The van der Waals surface area contributed by atoms with Gasteiger partial charge in [0, 0.05) is 29.2 Å². The van der Waals surface area contributed by atoms with E-state index in [1.165, 1.54) is 23.8 Å². The van der Waals surface area contributed by atoms with Crippen molar-refractivity contribution in [3.05, 3.63) is 102 Å². The summed E-state index contributed by atoms with van der Waals surface area (Å²) in [4.78, 5) is 39.2. The van der Waals surface area contributed by atoms with E-state index in [1.54, 1.807) is 0 Å². The number of hydrogen-bond donors (Lipinski definition) is 1. The lowest BCUT2D eigenvalue weighted by atomic mass is 9.99. The quantitative estimate of drug-likeness (QED) is 0.151. The zero-order valence-electron chi connectivity index (χ0n) is 22.4. The number of benzene rings is 3. The highest BCUT2D eigenvalue weighted by molar-refractivity contribution is 6.39. The number of carbonyl (C=O) groups is 3. The van der Waals surface area contributed by atoms with E-state index in [9.17, 15) is 18.8 Å². The third-order valence-corrected chi connectivity index (χ3v) is 7.18. The number of anilines is 1. The number of barbiturate groups is 1. The first-order valence-corrected chi connectivity index (χ1v) is 13.3. The molecular formula is C32H30FN3O4. The third kappa shape index (κ3) is 5.52. The molecule has 1 fully saturated rings. The van der Waals surface area contributed by atoms with Crippen LogP contribution in [-0.4, -0.2) is 29.0 Å². The van der Waals surface area contributed by atoms with Gasteiger partial charge in [-0.2, -0.15) is 0 Å². The molecule has 204 valence electrons. The van der Waals surface area contributed by atoms with Crippen molar-refractivity contribution >= 4 is 40.5 Å². The number of aromatic nitrogens is 1. The molecule has 1 saturated heterocycles. The van der Waals surface area contributed by atoms with Crippen LogP contribution in [0.2, 0.25) is 0 Å². The van der Waals surface area contributed by atoms with Gasteiger partial charge >= 0.3 is 6.03 Å². The molecule has 40 heavy (non-hydrogen) atoms. The van der Waals surface area contributed by atoms with Gasteiger partial charge in [0.15, 0.2) is 0 Å². The Morgan fingerprint density at radius 3 is 2.42 bits per heavy atom. The van der Waals surface area contributed by atoms with Crippen molar-refractivity contribution in [1.29, 1.82) is 0 Å². The van der Waals surface area contributed by atoms with Gasteiger partial charge in [-0.15, -0.1) is 0 Å². The van der Waals surface area contributed by atoms with E-state index in [0.29, 0.717) is 24.6 Å². The molecule has 0 bridgehead atoms. The Morgan fingerprint density at radius 2 is 1.70 bits per heavy atom. The molecule has 0 saturated carbocycles. The number of hydrogen-bond acceptors (Lipinski definition) is 4. The van der Waals surface area contributed by atoms with Crippen LogP contribution in [0.3, 0.4) is 0 Å². The average molecular weight is 540 g/mol. The second kappa shape index (κ2) is 11.6.